The van der Waals surface area contributed by atoms with Gasteiger partial charge in [-0.25, -0.2) is 0 Å². The maximum Gasteiger partial charge on any atom is 0.223 e. The van der Waals surface area contributed by atoms with E-state index in [2.05, 4.69) is 5.32 Å². The molecule has 0 radical (unpaired) electrons. The van der Waals surface area contributed by atoms with Gasteiger partial charge in [0.05, 0.1) is 7.11 Å². The minimum atomic E-state index is -0.285. The van der Waals surface area contributed by atoms with Crippen LogP contribution in [0.15, 0.2) is 34.7 Å². The first-order valence-electron chi connectivity index (χ1n) is 5.60. The monoisotopic (exact) mass is 256 g/mol. The van der Waals surface area contributed by atoms with Gasteiger partial charge < -0.3 is 9.15 Å². The second kappa shape index (κ2) is 5.27. The number of anilines is 1. The van der Waals surface area contributed by atoms with Crippen LogP contribution < -0.4 is 10.1 Å². The zero-order chi connectivity index (χ0) is 13.8. The quantitative estimate of drug-likeness (QED) is 0.916. The normalized spacial score (nSPS) is 9.74. The highest BCUT2D eigenvalue weighted by molar-refractivity contribution is 5.89. The van der Waals surface area contributed by atoms with E-state index in [1.54, 1.807) is 25.3 Å². The molecular weight excluding hydrogens is 244 g/mol. The first-order valence-corrected chi connectivity index (χ1v) is 5.60. The topological polar surface area (TPSA) is 75.3 Å². The minimum Gasteiger partial charge on any atom is -0.497 e. The average molecular weight is 256 g/mol. The number of hydrogen-bond donors (Lipinski definition) is 1. The Balaban J connectivity index is 2.37. The van der Waals surface area contributed by atoms with Gasteiger partial charge in [-0.05, 0) is 24.3 Å². The Bertz CT molecular complexity index is 636. The van der Waals surface area contributed by atoms with Crippen LogP contribution in [-0.4, -0.2) is 13.0 Å². The SMILES string of the molecule is COc1ccc(-c2cc(C#N)c(NC(C)=O)o2)cc1. The molecule has 0 atom stereocenters. The largest absolute Gasteiger partial charge is 0.497 e. The third kappa shape index (κ3) is 2.75. The number of hydrogen-bond acceptors (Lipinski definition) is 4. The Kier molecular flexibility index (Phi) is 3.53. The fraction of sp³-hybridized carbons (Fsp3) is 0.143. The van der Waals surface area contributed by atoms with E-state index in [0.717, 1.165) is 11.3 Å². The molecule has 1 aromatic carbocycles. The first kappa shape index (κ1) is 12.7. The molecule has 0 aliphatic carbocycles. The van der Waals surface area contributed by atoms with E-state index >= 15 is 0 Å². The summed E-state index contributed by atoms with van der Waals surface area (Å²) in [6, 6.07) is 10.8. The van der Waals surface area contributed by atoms with Crippen molar-refractivity contribution >= 4 is 11.8 Å². The Morgan fingerprint density at radius 2 is 2.05 bits per heavy atom. The lowest BCUT2D eigenvalue weighted by Gasteiger charge is -2.01. The molecule has 1 N–H and O–H groups in total. The Morgan fingerprint density at radius 3 is 2.58 bits per heavy atom. The predicted molar refractivity (Wildman–Crippen MR) is 69.7 cm³/mol. The van der Waals surface area contributed by atoms with Crippen LogP contribution in [0.4, 0.5) is 5.88 Å². The van der Waals surface area contributed by atoms with E-state index in [4.69, 9.17) is 14.4 Å². The van der Waals surface area contributed by atoms with E-state index < -0.39 is 0 Å². The highest BCUT2D eigenvalue weighted by atomic mass is 16.5. The zero-order valence-corrected chi connectivity index (χ0v) is 10.6. The van der Waals surface area contributed by atoms with Crippen molar-refractivity contribution < 1.29 is 13.9 Å². The molecule has 2 rings (SSSR count). The number of amides is 1. The second-order valence-electron chi connectivity index (χ2n) is 3.87. The number of ether oxygens (including phenoxy) is 1. The lowest BCUT2D eigenvalue weighted by Crippen LogP contribution is -2.05. The van der Waals surface area contributed by atoms with Gasteiger partial charge in [0.15, 0.2) is 0 Å². The van der Waals surface area contributed by atoms with Crippen LogP contribution in [0.3, 0.4) is 0 Å². The summed E-state index contributed by atoms with van der Waals surface area (Å²) in [7, 11) is 1.59. The number of furan rings is 1. The molecule has 19 heavy (non-hydrogen) atoms. The van der Waals surface area contributed by atoms with Crippen LogP contribution in [0.25, 0.3) is 11.3 Å². The third-order valence-corrected chi connectivity index (χ3v) is 2.52. The summed E-state index contributed by atoms with van der Waals surface area (Å²) in [6.45, 7) is 1.36. The fourth-order valence-corrected chi connectivity index (χ4v) is 1.62. The van der Waals surface area contributed by atoms with Crippen molar-refractivity contribution in [1.82, 2.24) is 0 Å². The number of nitrogens with one attached hydrogen (secondary N) is 1. The summed E-state index contributed by atoms with van der Waals surface area (Å²) >= 11 is 0. The number of nitrogens with zero attached hydrogens (tertiary/aromatic N) is 1. The van der Waals surface area contributed by atoms with Gasteiger partial charge in [-0.2, -0.15) is 5.26 Å². The smallest absolute Gasteiger partial charge is 0.223 e. The number of methoxy groups -OCH3 is 1. The van der Waals surface area contributed by atoms with E-state index in [1.807, 2.05) is 18.2 Å². The van der Waals surface area contributed by atoms with Gasteiger partial charge in [0.25, 0.3) is 0 Å². The molecule has 1 amide bonds. The van der Waals surface area contributed by atoms with Crippen LogP contribution in [0.2, 0.25) is 0 Å². The molecule has 1 aromatic heterocycles. The van der Waals surface area contributed by atoms with Gasteiger partial charge in [0, 0.05) is 18.6 Å². The maximum absolute atomic E-state index is 11.0. The summed E-state index contributed by atoms with van der Waals surface area (Å²) < 4.78 is 10.5. The first-order chi connectivity index (χ1) is 9.13. The minimum absolute atomic E-state index is 0.167. The van der Waals surface area contributed by atoms with Gasteiger partial charge in [-0.15, -0.1) is 0 Å². The molecule has 1 heterocycles. The van der Waals surface area contributed by atoms with E-state index in [1.165, 1.54) is 6.92 Å². The standard InChI is InChI=1S/C14H12N2O3/c1-9(17)16-14-11(8-15)7-13(19-14)10-3-5-12(18-2)6-4-10/h3-7H,1-2H3,(H,16,17). The molecule has 0 aliphatic heterocycles. The van der Waals surface area contributed by atoms with Gasteiger partial charge in [0.2, 0.25) is 11.8 Å². The van der Waals surface area contributed by atoms with E-state index in [-0.39, 0.29) is 11.8 Å². The second-order valence-corrected chi connectivity index (χ2v) is 3.87. The highest BCUT2D eigenvalue weighted by Gasteiger charge is 2.13. The lowest BCUT2D eigenvalue weighted by atomic mass is 10.1. The summed E-state index contributed by atoms with van der Waals surface area (Å²) in [5.41, 5.74) is 1.09. The third-order valence-electron chi connectivity index (χ3n) is 2.52. The van der Waals surface area contributed by atoms with Crippen molar-refractivity contribution in [1.29, 1.82) is 5.26 Å². The molecule has 0 saturated heterocycles. The Labute approximate surface area is 110 Å². The Hall–Kier alpha value is -2.74. The van der Waals surface area contributed by atoms with Crippen LogP contribution in [-0.2, 0) is 4.79 Å². The van der Waals surface area contributed by atoms with Crippen LogP contribution >= 0.6 is 0 Å². The van der Waals surface area contributed by atoms with E-state index in [0.29, 0.717) is 11.3 Å². The van der Waals surface area contributed by atoms with Crippen LogP contribution in [0, 0.1) is 11.3 Å². The summed E-state index contributed by atoms with van der Waals surface area (Å²) in [5, 5.41) is 11.5. The molecule has 0 unspecified atom stereocenters. The highest BCUT2D eigenvalue weighted by Crippen LogP contribution is 2.29. The maximum atomic E-state index is 11.0. The molecule has 5 nitrogen and oxygen atoms in total. The van der Waals surface area contributed by atoms with Crippen molar-refractivity contribution in [3.63, 3.8) is 0 Å². The van der Waals surface area contributed by atoms with Gasteiger partial charge in [-0.1, -0.05) is 0 Å². The number of carbonyl (C=O) groups excluding carboxylic acids is 1. The van der Waals surface area contributed by atoms with Crippen molar-refractivity contribution in [3.05, 3.63) is 35.9 Å². The van der Waals surface area contributed by atoms with E-state index in [9.17, 15) is 4.79 Å². The molecule has 0 fully saturated rings. The fourth-order valence-electron chi connectivity index (χ4n) is 1.62. The Morgan fingerprint density at radius 1 is 1.37 bits per heavy atom. The van der Waals surface area contributed by atoms with Crippen molar-refractivity contribution in [2.24, 2.45) is 0 Å². The van der Waals surface area contributed by atoms with Gasteiger partial charge >= 0.3 is 0 Å². The number of benzene rings is 1. The number of nitriles is 1. The zero-order valence-electron chi connectivity index (χ0n) is 10.6. The molecule has 0 spiro atoms. The molecule has 5 heteroatoms. The average Bonchev–Trinajstić information content (AvgIpc) is 2.81. The van der Waals surface area contributed by atoms with Crippen LogP contribution in [0.5, 0.6) is 5.75 Å². The van der Waals surface area contributed by atoms with Crippen molar-refractivity contribution in [2.45, 2.75) is 6.92 Å². The summed E-state index contributed by atoms with van der Waals surface area (Å²) in [5.74, 6) is 1.13. The number of rotatable bonds is 3. The summed E-state index contributed by atoms with van der Waals surface area (Å²) in [6.07, 6.45) is 0. The molecule has 2 aromatic rings. The van der Waals surface area contributed by atoms with Crippen LogP contribution in [0.1, 0.15) is 12.5 Å². The van der Waals surface area contributed by atoms with Crippen molar-refractivity contribution in [3.8, 4) is 23.1 Å². The summed E-state index contributed by atoms with van der Waals surface area (Å²) in [4.78, 5) is 11.0. The molecule has 0 saturated carbocycles. The molecule has 0 bridgehead atoms. The van der Waals surface area contributed by atoms with Gasteiger partial charge in [-0.3, -0.25) is 10.1 Å². The van der Waals surface area contributed by atoms with Crippen molar-refractivity contribution in [2.75, 3.05) is 12.4 Å². The molecular formula is C14H12N2O3. The predicted octanol–water partition coefficient (Wildman–Crippen LogP) is 2.79. The number of carbonyl (C=O) groups is 1. The lowest BCUT2D eigenvalue weighted by molar-refractivity contribution is -0.114. The molecule has 0 aliphatic rings. The molecule has 96 valence electrons. The van der Waals surface area contributed by atoms with Gasteiger partial charge in [0.1, 0.15) is 23.1 Å².